The average Bonchev–Trinajstić information content (AvgIpc) is 2.96. The number of hydrogen-bond acceptors (Lipinski definition) is 2. The van der Waals surface area contributed by atoms with Crippen molar-refractivity contribution in [1.82, 2.24) is 9.97 Å². The monoisotopic (exact) mass is 306 g/mol. The van der Waals surface area contributed by atoms with E-state index in [1.54, 1.807) is 6.20 Å². The van der Waals surface area contributed by atoms with Gasteiger partial charge in [-0.15, -0.1) is 0 Å². The number of aromatic nitrogens is 2. The molecule has 0 amide bonds. The molecular formula is C17H23ClN2O. The average molecular weight is 307 g/mol. The zero-order valence-electron chi connectivity index (χ0n) is 12.8. The van der Waals surface area contributed by atoms with Crippen molar-refractivity contribution in [3.05, 3.63) is 46.5 Å². The number of benzene rings is 1. The summed E-state index contributed by atoms with van der Waals surface area (Å²) >= 11 is 6.19. The lowest BCUT2D eigenvalue weighted by molar-refractivity contribution is 0.304. The maximum Gasteiger partial charge on any atom is 0.138 e. The number of rotatable bonds is 8. The number of nitrogens with one attached hydrogen (secondary N) is 1. The van der Waals surface area contributed by atoms with Gasteiger partial charge in [-0.3, -0.25) is 0 Å². The molecule has 0 unspecified atom stereocenters. The molecule has 2 aromatic rings. The second kappa shape index (κ2) is 8.08. The first-order valence-corrected chi connectivity index (χ1v) is 7.92. The van der Waals surface area contributed by atoms with E-state index in [0.29, 0.717) is 5.02 Å². The molecule has 1 heterocycles. The summed E-state index contributed by atoms with van der Waals surface area (Å²) in [5.41, 5.74) is 2.41. The van der Waals surface area contributed by atoms with Crippen molar-refractivity contribution in [2.45, 2.75) is 46.0 Å². The van der Waals surface area contributed by atoms with Gasteiger partial charge in [-0.25, -0.2) is 4.98 Å². The number of aryl methyl sites for hydroxylation is 3. The standard InChI is InChI=1S/C17H23ClN2O/c1-13-11-15(18)16(12-14(13)2)21-10-6-4-3-5-7-17-19-8-9-20-17/h8-9,11-12H,3-7,10H2,1-2H3,(H,19,20). The van der Waals surface area contributed by atoms with Crippen LogP contribution in [0.15, 0.2) is 24.5 Å². The van der Waals surface area contributed by atoms with Crippen LogP contribution in [0.25, 0.3) is 0 Å². The van der Waals surface area contributed by atoms with Gasteiger partial charge in [0.1, 0.15) is 11.6 Å². The van der Waals surface area contributed by atoms with Crippen molar-refractivity contribution in [3.8, 4) is 5.75 Å². The second-order valence-electron chi connectivity index (χ2n) is 5.42. The number of nitrogens with zero attached hydrogens (tertiary/aromatic N) is 1. The van der Waals surface area contributed by atoms with Gasteiger partial charge in [-0.05, 0) is 49.9 Å². The highest BCUT2D eigenvalue weighted by atomic mass is 35.5. The van der Waals surface area contributed by atoms with Gasteiger partial charge in [-0.1, -0.05) is 24.4 Å². The fourth-order valence-electron chi connectivity index (χ4n) is 2.23. The number of unbranched alkanes of at least 4 members (excludes halogenated alkanes) is 3. The molecule has 21 heavy (non-hydrogen) atoms. The first-order chi connectivity index (χ1) is 10.2. The summed E-state index contributed by atoms with van der Waals surface area (Å²) in [4.78, 5) is 7.35. The van der Waals surface area contributed by atoms with E-state index in [1.807, 2.05) is 18.3 Å². The number of hydrogen-bond donors (Lipinski definition) is 1. The van der Waals surface area contributed by atoms with Crippen molar-refractivity contribution in [1.29, 1.82) is 0 Å². The quantitative estimate of drug-likeness (QED) is 0.707. The predicted molar refractivity (Wildman–Crippen MR) is 87.2 cm³/mol. The summed E-state index contributed by atoms with van der Waals surface area (Å²) in [6.45, 7) is 4.86. The van der Waals surface area contributed by atoms with Crippen LogP contribution in [-0.2, 0) is 6.42 Å². The predicted octanol–water partition coefficient (Wildman–Crippen LogP) is 4.86. The van der Waals surface area contributed by atoms with E-state index in [2.05, 4.69) is 23.8 Å². The minimum Gasteiger partial charge on any atom is -0.492 e. The smallest absolute Gasteiger partial charge is 0.138 e. The van der Waals surface area contributed by atoms with Crippen molar-refractivity contribution in [2.24, 2.45) is 0 Å². The summed E-state index contributed by atoms with van der Waals surface area (Å²) in [6.07, 6.45) is 9.29. The first-order valence-electron chi connectivity index (χ1n) is 7.54. The molecule has 0 spiro atoms. The van der Waals surface area contributed by atoms with Gasteiger partial charge in [-0.2, -0.15) is 0 Å². The molecule has 0 atom stereocenters. The number of ether oxygens (including phenoxy) is 1. The molecule has 0 saturated carbocycles. The Kier molecular flexibility index (Phi) is 6.12. The molecule has 114 valence electrons. The maximum atomic E-state index is 6.19. The van der Waals surface area contributed by atoms with Crippen LogP contribution < -0.4 is 4.74 Å². The van der Waals surface area contributed by atoms with Crippen LogP contribution >= 0.6 is 11.6 Å². The van der Waals surface area contributed by atoms with E-state index in [9.17, 15) is 0 Å². The van der Waals surface area contributed by atoms with Gasteiger partial charge >= 0.3 is 0 Å². The summed E-state index contributed by atoms with van der Waals surface area (Å²) in [6, 6.07) is 3.99. The van der Waals surface area contributed by atoms with E-state index in [4.69, 9.17) is 16.3 Å². The van der Waals surface area contributed by atoms with Crippen LogP contribution in [0.5, 0.6) is 5.75 Å². The Morgan fingerprint density at radius 1 is 1.10 bits per heavy atom. The number of imidazole rings is 1. The van der Waals surface area contributed by atoms with Gasteiger partial charge < -0.3 is 9.72 Å². The summed E-state index contributed by atoms with van der Waals surface area (Å²) in [5.74, 6) is 1.88. The number of aromatic amines is 1. The lowest BCUT2D eigenvalue weighted by atomic mass is 10.1. The summed E-state index contributed by atoms with van der Waals surface area (Å²) < 4.78 is 5.77. The van der Waals surface area contributed by atoms with E-state index < -0.39 is 0 Å². The molecule has 1 aromatic heterocycles. The highest BCUT2D eigenvalue weighted by molar-refractivity contribution is 6.32. The molecule has 4 heteroatoms. The Hall–Kier alpha value is -1.48. The topological polar surface area (TPSA) is 37.9 Å². The number of halogens is 1. The Bertz CT molecular complexity index is 552. The molecule has 0 aliphatic heterocycles. The Labute approximate surface area is 131 Å². The SMILES string of the molecule is Cc1cc(Cl)c(OCCCCCCc2ncc[nH]2)cc1C. The van der Waals surface area contributed by atoms with Crippen molar-refractivity contribution in [3.63, 3.8) is 0 Å². The third-order valence-corrected chi connectivity index (χ3v) is 3.96. The van der Waals surface area contributed by atoms with Crippen LogP contribution in [-0.4, -0.2) is 16.6 Å². The van der Waals surface area contributed by atoms with Gasteiger partial charge in [0.2, 0.25) is 0 Å². The third kappa shape index (κ3) is 5.09. The van der Waals surface area contributed by atoms with Crippen LogP contribution in [0.1, 0.15) is 42.6 Å². The molecule has 0 aliphatic rings. The number of H-pyrrole nitrogens is 1. The van der Waals surface area contributed by atoms with E-state index in [-0.39, 0.29) is 0 Å². The molecule has 1 N–H and O–H groups in total. The van der Waals surface area contributed by atoms with Crippen molar-refractivity contribution >= 4 is 11.6 Å². The summed E-state index contributed by atoms with van der Waals surface area (Å²) in [7, 11) is 0. The van der Waals surface area contributed by atoms with Crippen molar-refractivity contribution in [2.75, 3.05) is 6.61 Å². The first kappa shape index (κ1) is 15.9. The van der Waals surface area contributed by atoms with Gasteiger partial charge in [0.05, 0.1) is 11.6 Å². The Morgan fingerprint density at radius 2 is 1.86 bits per heavy atom. The zero-order valence-corrected chi connectivity index (χ0v) is 13.5. The van der Waals surface area contributed by atoms with E-state index in [1.165, 1.54) is 24.0 Å². The fraction of sp³-hybridized carbons (Fsp3) is 0.471. The lowest BCUT2D eigenvalue weighted by Crippen LogP contribution is -1.99. The second-order valence-corrected chi connectivity index (χ2v) is 5.82. The molecule has 0 radical (unpaired) electrons. The van der Waals surface area contributed by atoms with Crippen LogP contribution in [0.3, 0.4) is 0 Å². The van der Waals surface area contributed by atoms with Crippen LogP contribution in [0, 0.1) is 13.8 Å². The van der Waals surface area contributed by atoms with Crippen LogP contribution in [0.4, 0.5) is 0 Å². The van der Waals surface area contributed by atoms with Gasteiger partial charge in [0.15, 0.2) is 0 Å². The fourth-order valence-corrected chi connectivity index (χ4v) is 2.50. The molecular weight excluding hydrogens is 284 g/mol. The molecule has 0 fully saturated rings. The minimum atomic E-state index is 0.705. The molecule has 1 aromatic carbocycles. The van der Waals surface area contributed by atoms with Gasteiger partial charge in [0, 0.05) is 18.8 Å². The molecule has 0 saturated heterocycles. The summed E-state index contributed by atoms with van der Waals surface area (Å²) in [5, 5.41) is 0.705. The normalized spacial score (nSPS) is 10.8. The molecule has 3 nitrogen and oxygen atoms in total. The zero-order chi connectivity index (χ0) is 15.1. The third-order valence-electron chi connectivity index (χ3n) is 3.67. The Morgan fingerprint density at radius 3 is 2.62 bits per heavy atom. The molecule has 0 bridgehead atoms. The van der Waals surface area contributed by atoms with E-state index >= 15 is 0 Å². The Balaban J connectivity index is 1.60. The molecule has 0 aliphatic carbocycles. The minimum absolute atomic E-state index is 0.705. The van der Waals surface area contributed by atoms with E-state index in [0.717, 1.165) is 37.4 Å². The van der Waals surface area contributed by atoms with Gasteiger partial charge in [0.25, 0.3) is 0 Å². The highest BCUT2D eigenvalue weighted by Gasteiger charge is 2.04. The van der Waals surface area contributed by atoms with Crippen molar-refractivity contribution < 1.29 is 4.74 Å². The van der Waals surface area contributed by atoms with Crippen LogP contribution in [0.2, 0.25) is 5.02 Å². The largest absolute Gasteiger partial charge is 0.492 e. The maximum absolute atomic E-state index is 6.19. The highest BCUT2D eigenvalue weighted by Crippen LogP contribution is 2.28. The lowest BCUT2D eigenvalue weighted by Gasteiger charge is -2.10. The molecule has 2 rings (SSSR count).